The molecule has 2 heterocycles. The second-order valence-corrected chi connectivity index (χ2v) is 11.2. The summed E-state index contributed by atoms with van der Waals surface area (Å²) in [7, 11) is 1.59. The van der Waals surface area contributed by atoms with Gasteiger partial charge < -0.3 is 30.1 Å². The van der Waals surface area contributed by atoms with Gasteiger partial charge in [-0.3, -0.25) is 14.4 Å². The highest BCUT2D eigenvalue weighted by molar-refractivity contribution is 5.97. The molecule has 0 bridgehead atoms. The average Bonchev–Trinajstić information content (AvgIpc) is 3.41. The molecule has 1 saturated carbocycles. The third kappa shape index (κ3) is 7.22. The van der Waals surface area contributed by atoms with Crippen molar-refractivity contribution in [2.24, 2.45) is 0 Å². The number of β-amino-alcohol motifs (C(OH)–C–C–N with tert-alkyl or cyclic N) is 1. The van der Waals surface area contributed by atoms with Crippen LogP contribution in [-0.4, -0.2) is 71.2 Å². The number of rotatable bonds is 9. The Hall–Kier alpha value is -4.25. The highest BCUT2D eigenvalue weighted by atomic mass is 19.1. The van der Waals surface area contributed by atoms with Crippen molar-refractivity contribution < 1.29 is 33.4 Å². The van der Waals surface area contributed by atoms with Crippen molar-refractivity contribution in [2.45, 2.75) is 69.7 Å². The Morgan fingerprint density at radius 1 is 1.09 bits per heavy atom. The van der Waals surface area contributed by atoms with E-state index in [1.165, 1.54) is 35.6 Å². The topological polar surface area (TPSA) is 130 Å². The van der Waals surface area contributed by atoms with Crippen molar-refractivity contribution in [3.05, 3.63) is 65.6 Å². The number of nitrogens with one attached hydrogen (secondary N) is 2. The maximum Gasteiger partial charge on any atom is 0.270 e. The number of hydrogen-bond acceptors (Lipinski definition) is 7. The first-order valence-electron chi connectivity index (χ1n) is 14.7. The minimum Gasteiger partial charge on any atom is -0.497 e. The number of methoxy groups -OCH3 is 1. The molecule has 228 valence electrons. The fraction of sp³-hybridized carbons (Fsp3) is 0.438. The minimum atomic E-state index is -0.906. The molecule has 1 saturated heterocycles. The van der Waals surface area contributed by atoms with Gasteiger partial charge >= 0.3 is 0 Å². The van der Waals surface area contributed by atoms with Crippen LogP contribution in [0.1, 0.15) is 67.5 Å². The third-order valence-corrected chi connectivity index (χ3v) is 8.08. The molecule has 10 nitrogen and oxygen atoms in total. The number of ether oxygens (including phenoxy) is 2. The van der Waals surface area contributed by atoms with E-state index in [-0.39, 0.29) is 31.3 Å². The van der Waals surface area contributed by atoms with Crippen LogP contribution < -0.4 is 20.1 Å². The Bertz CT molecular complexity index is 1490. The Morgan fingerprint density at radius 3 is 2.65 bits per heavy atom. The van der Waals surface area contributed by atoms with Gasteiger partial charge in [-0.25, -0.2) is 9.37 Å². The van der Waals surface area contributed by atoms with Crippen LogP contribution in [0.15, 0.2) is 48.5 Å². The molecule has 3 amide bonds. The fourth-order valence-electron chi connectivity index (χ4n) is 5.76. The monoisotopic (exact) mass is 592 g/mol. The highest BCUT2D eigenvalue weighted by Gasteiger charge is 2.39. The standard InChI is InChI=1S/C32H37FN4O6/c1-19(25-11-10-24(42-2)16-29(25)43-23-6-4-3-5-7-23)35-32(41)28-15-22(38)18-37(28)30(39)17-34-31(40)27-12-8-20-14-21(33)9-13-26(20)36-27/h8-14,16,19,22-23,28,38H,3-7,15,17-18H2,1-2H3,(H,34,40)(H,35,41)/t19-,22-,28+/m1/s1. The zero-order valence-corrected chi connectivity index (χ0v) is 24.3. The van der Waals surface area contributed by atoms with E-state index in [1.54, 1.807) is 13.2 Å². The number of carbonyl (C=O) groups excluding carboxylic acids is 3. The molecule has 3 atom stereocenters. The Balaban J connectivity index is 1.22. The van der Waals surface area contributed by atoms with Gasteiger partial charge in [-0.1, -0.05) is 12.5 Å². The molecule has 11 heteroatoms. The number of nitrogens with zero attached hydrogens (tertiary/aromatic N) is 2. The predicted octanol–water partition coefficient (Wildman–Crippen LogP) is 3.66. The largest absolute Gasteiger partial charge is 0.497 e. The SMILES string of the molecule is COc1ccc([C@@H](C)NC(=O)[C@@H]2C[C@@H](O)CN2C(=O)CNC(=O)c2ccc3cc(F)ccc3n2)c(OC2CCCCC2)c1. The van der Waals surface area contributed by atoms with E-state index in [1.807, 2.05) is 25.1 Å². The van der Waals surface area contributed by atoms with Gasteiger partial charge in [0, 0.05) is 30.0 Å². The number of benzene rings is 2. The van der Waals surface area contributed by atoms with Gasteiger partial charge in [0.1, 0.15) is 29.1 Å². The molecule has 0 unspecified atom stereocenters. The maximum atomic E-state index is 13.5. The van der Waals surface area contributed by atoms with Crippen molar-refractivity contribution in [2.75, 3.05) is 20.2 Å². The van der Waals surface area contributed by atoms with Gasteiger partial charge in [0.15, 0.2) is 0 Å². The Morgan fingerprint density at radius 2 is 1.88 bits per heavy atom. The Kier molecular flexibility index (Phi) is 9.40. The number of aromatic nitrogens is 1. The average molecular weight is 593 g/mol. The van der Waals surface area contributed by atoms with Crippen molar-refractivity contribution in [3.8, 4) is 11.5 Å². The molecule has 1 aliphatic heterocycles. The van der Waals surface area contributed by atoms with Gasteiger partial charge in [-0.2, -0.15) is 0 Å². The molecule has 2 fully saturated rings. The molecule has 3 N–H and O–H groups in total. The number of likely N-dealkylation sites (tertiary alicyclic amines) is 1. The summed E-state index contributed by atoms with van der Waals surface area (Å²) in [5, 5.41) is 16.4. The van der Waals surface area contributed by atoms with E-state index in [0.717, 1.165) is 31.2 Å². The summed E-state index contributed by atoms with van der Waals surface area (Å²) in [6, 6.07) is 11.2. The summed E-state index contributed by atoms with van der Waals surface area (Å²) in [5.74, 6) is -0.612. The van der Waals surface area contributed by atoms with Crippen LogP contribution in [0.25, 0.3) is 10.9 Å². The first kappa shape index (κ1) is 30.2. The van der Waals surface area contributed by atoms with Crippen molar-refractivity contribution >= 4 is 28.6 Å². The fourth-order valence-corrected chi connectivity index (χ4v) is 5.76. The van der Waals surface area contributed by atoms with E-state index >= 15 is 0 Å². The molecule has 0 spiro atoms. The van der Waals surface area contributed by atoms with E-state index in [9.17, 15) is 23.9 Å². The number of amides is 3. The van der Waals surface area contributed by atoms with Crippen molar-refractivity contribution in [3.63, 3.8) is 0 Å². The molecule has 1 aromatic heterocycles. The molecule has 1 aliphatic carbocycles. The molecule has 2 aliphatic rings. The number of pyridine rings is 1. The number of fused-ring (bicyclic) bond motifs is 1. The summed E-state index contributed by atoms with van der Waals surface area (Å²) in [4.78, 5) is 44.8. The van der Waals surface area contributed by atoms with Gasteiger partial charge in [0.25, 0.3) is 5.91 Å². The molecular weight excluding hydrogens is 555 g/mol. The van der Waals surface area contributed by atoms with E-state index in [2.05, 4.69) is 15.6 Å². The first-order chi connectivity index (χ1) is 20.7. The number of aliphatic hydroxyl groups excluding tert-OH is 1. The number of hydrogen-bond donors (Lipinski definition) is 3. The number of aliphatic hydroxyl groups is 1. The lowest BCUT2D eigenvalue weighted by Gasteiger charge is -2.28. The lowest BCUT2D eigenvalue weighted by molar-refractivity contribution is -0.138. The van der Waals surface area contributed by atoms with Crippen LogP contribution in [0.5, 0.6) is 11.5 Å². The second-order valence-electron chi connectivity index (χ2n) is 11.2. The molecule has 0 radical (unpaired) electrons. The normalized spacial score (nSPS) is 19.6. The molecule has 2 aromatic carbocycles. The lowest BCUT2D eigenvalue weighted by Crippen LogP contribution is -2.49. The van der Waals surface area contributed by atoms with Gasteiger partial charge in [0.05, 0.1) is 37.4 Å². The van der Waals surface area contributed by atoms with Crippen molar-refractivity contribution in [1.29, 1.82) is 0 Å². The van der Waals surface area contributed by atoms with Crippen molar-refractivity contribution in [1.82, 2.24) is 20.5 Å². The first-order valence-corrected chi connectivity index (χ1v) is 14.7. The quantitative estimate of drug-likeness (QED) is 0.346. The van der Waals surface area contributed by atoms with Crippen LogP contribution in [0, 0.1) is 5.82 Å². The number of carbonyl (C=O) groups is 3. The zero-order chi connectivity index (χ0) is 30.5. The van der Waals surface area contributed by atoms with E-state index in [4.69, 9.17) is 9.47 Å². The predicted molar refractivity (Wildman–Crippen MR) is 157 cm³/mol. The molecular formula is C32H37FN4O6. The minimum absolute atomic E-state index is 0.0282. The van der Waals surface area contributed by atoms with Crippen LogP contribution in [0.4, 0.5) is 4.39 Å². The van der Waals surface area contributed by atoms with Crippen LogP contribution in [0.2, 0.25) is 0 Å². The molecule has 43 heavy (non-hydrogen) atoms. The van der Waals surface area contributed by atoms with E-state index in [0.29, 0.717) is 22.4 Å². The lowest BCUT2D eigenvalue weighted by atomic mass is 9.97. The maximum absolute atomic E-state index is 13.5. The smallest absolute Gasteiger partial charge is 0.270 e. The van der Waals surface area contributed by atoms with Gasteiger partial charge in [-0.15, -0.1) is 0 Å². The second kappa shape index (κ2) is 13.4. The molecule has 5 rings (SSSR count). The van der Waals surface area contributed by atoms with Crippen LogP contribution >= 0.6 is 0 Å². The summed E-state index contributed by atoms with van der Waals surface area (Å²) in [5.41, 5.74) is 1.30. The summed E-state index contributed by atoms with van der Waals surface area (Å²) in [6.07, 6.45) is 4.68. The van der Waals surface area contributed by atoms with Crippen LogP contribution in [-0.2, 0) is 9.59 Å². The Labute approximate surface area is 249 Å². The van der Waals surface area contributed by atoms with E-state index < -0.39 is 41.7 Å². The third-order valence-electron chi connectivity index (χ3n) is 8.08. The van der Waals surface area contributed by atoms with Crippen LogP contribution in [0.3, 0.4) is 0 Å². The summed E-state index contributed by atoms with van der Waals surface area (Å²) >= 11 is 0. The summed E-state index contributed by atoms with van der Waals surface area (Å²) < 4.78 is 25.2. The zero-order valence-electron chi connectivity index (χ0n) is 24.3. The van der Waals surface area contributed by atoms with Gasteiger partial charge in [0.2, 0.25) is 11.8 Å². The van der Waals surface area contributed by atoms with Gasteiger partial charge in [-0.05, 0) is 69.0 Å². The molecule has 3 aromatic rings. The highest BCUT2D eigenvalue weighted by Crippen LogP contribution is 2.33. The summed E-state index contributed by atoms with van der Waals surface area (Å²) in [6.45, 7) is 1.43. The number of halogens is 1.